The van der Waals surface area contributed by atoms with Gasteiger partial charge in [-0.1, -0.05) is 6.42 Å². The van der Waals surface area contributed by atoms with E-state index in [1.54, 1.807) is 15.6 Å². The third-order valence-corrected chi connectivity index (χ3v) is 7.16. The molecule has 3 fully saturated rings. The molecule has 3 aliphatic rings. The Kier molecular flexibility index (Phi) is 5.16. The van der Waals surface area contributed by atoms with E-state index in [0.717, 1.165) is 49.9 Å². The molecule has 31 heavy (non-hydrogen) atoms. The lowest BCUT2D eigenvalue weighted by atomic mass is 9.81. The minimum Gasteiger partial charge on any atom is -0.340 e. The second kappa shape index (κ2) is 7.98. The first kappa shape index (κ1) is 20.0. The molecule has 2 atom stereocenters. The molecule has 1 aliphatic carbocycles. The van der Waals surface area contributed by atoms with Crippen LogP contribution in [0, 0.1) is 11.8 Å². The standard InChI is InChI=1S/C23H29N5O3/c1-15-11-16(5-8-26(15)22(30)18-3-2-4-18)12-17-6-10-28-19(13-17)20(14-24-28)27-9-7-21(29)25-23(27)31/h6,10,13-16,18H,2-5,7-9,11-12H2,1H3,(H,25,29,31)/t15?,16-/m1/s1. The molecule has 2 aromatic rings. The van der Waals surface area contributed by atoms with Crippen molar-refractivity contribution in [1.29, 1.82) is 0 Å². The van der Waals surface area contributed by atoms with Gasteiger partial charge in [-0.3, -0.25) is 19.8 Å². The van der Waals surface area contributed by atoms with Gasteiger partial charge in [-0.2, -0.15) is 5.10 Å². The molecule has 2 saturated heterocycles. The first-order valence-electron chi connectivity index (χ1n) is 11.4. The van der Waals surface area contributed by atoms with Gasteiger partial charge >= 0.3 is 6.03 Å². The smallest absolute Gasteiger partial charge is 0.328 e. The van der Waals surface area contributed by atoms with Crippen LogP contribution in [0.2, 0.25) is 0 Å². The second-order valence-electron chi connectivity index (χ2n) is 9.25. The Hall–Kier alpha value is -2.90. The van der Waals surface area contributed by atoms with Gasteiger partial charge in [0.2, 0.25) is 11.8 Å². The third-order valence-electron chi connectivity index (χ3n) is 7.16. The second-order valence-corrected chi connectivity index (χ2v) is 9.25. The predicted molar refractivity (Wildman–Crippen MR) is 116 cm³/mol. The lowest BCUT2D eigenvalue weighted by molar-refractivity contribution is -0.142. The third kappa shape index (κ3) is 3.79. The van der Waals surface area contributed by atoms with Gasteiger partial charge in [-0.25, -0.2) is 9.31 Å². The molecule has 2 aromatic heterocycles. The molecule has 1 saturated carbocycles. The van der Waals surface area contributed by atoms with E-state index in [4.69, 9.17) is 0 Å². The monoisotopic (exact) mass is 423 g/mol. The summed E-state index contributed by atoms with van der Waals surface area (Å²) in [4.78, 5) is 40.1. The average molecular weight is 424 g/mol. The number of carbonyl (C=O) groups is 3. The zero-order valence-corrected chi connectivity index (χ0v) is 17.9. The Morgan fingerprint density at radius 1 is 1.23 bits per heavy atom. The van der Waals surface area contributed by atoms with Crippen LogP contribution < -0.4 is 10.2 Å². The normalized spacial score (nSPS) is 24.9. The lowest BCUT2D eigenvalue weighted by Crippen LogP contribution is -2.49. The molecule has 0 bridgehead atoms. The molecule has 4 heterocycles. The Bertz CT molecular complexity index is 1030. The molecule has 8 heteroatoms. The average Bonchev–Trinajstić information content (AvgIpc) is 3.10. The molecule has 5 rings (SSSR count). The van der Waals surface area contributed by atoms with Gasteiger partial charge < -0.3 is 4.90 Å². The highest BCUT2D eigenvalue weighted by Gasteiger charge is 2.35. The number of imide groups is 1. The van der Waals surface area contributed by atoms with Crippen LogP contribution in [0.25, 0.3) is 5.52 Å². The van der Waals surface area contributed by atoms with E-state index >= 15 is 0 Å². The Morgan fingerprint density at radius 3 is 2.77 bits per heavy atom. The van der Waals surface area contributed by atoms with Crippen molar-refractivity contribution in [3.8, 4) is 0 Å². The van der Waals surface area contributed by atoms with E-state index in [-0.39, 0.29) is 17.9 Å². The number of anilines is 1. The van der Waals surface area contributed by atoms with Crippen LogP contribution in [-0.2, 0) is 16.0 Å². The van der Waals surface area contributed by atoms with Gasteiger partial charge in [0.1, 0.15) is 0 Å². The Morgan fingerprint density at radius 2 is 2.06 bits per heavy atom. The van der Waals surface area contributed by atoms with E-state index in [1.807, 2.05) is 6.20 Å². The summed E-state index contributed by atoms with van der Waals surface area (Å²) in [5.41, 5.74) is 2.80. The van der Waals surface area contributed by atoms with E-state index in [9.17, 15) is 14.4 Å². The van der Waals surface area contributed by atoms with E-state index in [0.29, 0.717) is 24.8 Å². The van der Waals surface area contributed by atoms with E-state index in [2.05, 4.69) is 34.4 Å². The van der Waals surface area contributed by atoms with Gasteiger partial charge in [0, 0.05) is 37.7 Å². The topological polar surface area (TPSA) is 87.0 Å². The first-order valence-corrected chi connectivity index (χ1v) is 11.4. The molecular weight excluding hydrogens is 394 g/mol. The highest BCUT2D eigenvalue weighted by atomic mass is 16.2. The van der Waals surface area contributed by atoms with Gasteiger partial charge in [0.15, 0.2) is 0 Å². The van der Waals surface area contributed by atoms with Crippen LogP contribution in [0.3, 0.4) is 0 Å². The number of urea groups is 1. The highest BCUT2D eigenvalue weighted by Crippen LogP contribution is 2.33. The van der Waals surface area contributed by atoms with Gasteiger partial charge in [-0.05, 0) is 62.6 Å². The predicted octanol–water partition coefficient (Wildman–Crippen LogP) is 2.75. The number of amides is 4. The van der Waals surface area contributed by atoms with Gasteiger partial charge in [0.05, 0.1) is 17.4 Å². The molecule has 2 aliphatic heterocycles. The number of hydrogen-bond acceptors (Lipinski definition) is 4. The van der Waals surface area contributed by atoms with Crippen molar-refractivity contribution < 1.29 is 14.4 Å². The number of pyridine rings is 1. The number of carbonyl (C=O) groups excluding carboxylic acids is 3. The summed E-state index contributed by atoms with van der Waals surface area (Å²) in [5, 5.41) is 6.75. The van der Waals surface area contributed by atoms with Crippen molar-refractivity contribution >= 4 is 29.0 Å². The van der Waals surface area contributed by atoms with Crippen molar-refractivity contribution in [1.82, 2.24) is 19.8 Å². The summed E-state index contributed by atoms with van der Waals surface area (Å²) in [7, 11) is 0. The summed E-state index contributed by atoms with van der Waals surface area (Å²) < 4.78 is 1.77. The van der Waals surface area contributed by atoms with Crippen LogP contribution in [-0.4, -0.2) is 51.5 Å². The number of likely N-dealkylation sites (tertiary alicyclic amines) is 1. The number of nitrogens with one attached hydrogen (secondary N) is 1. The fourth-order valence-corrected chi connectivity index (χ4v) is 5.15. The summed E-state index contributed by atoms with van der Waals surface area (Å²) in [5.74, 6) is 0.921. The molecule has 164 valence electrons. The quantitative estimate of drug-likeness (QED) is 0.819. The SMILES string of the molecule is CC1C[C@H](Cc2ccn3ncc(N4CCC(=O)NC4=O)c3c2)CCN1C(=O)C1CCC1. The molecule has 1 N–H and O–H groups in total. The number of rotatable bonds is 4. The van der Waals surface area contributed by atoms with Crippen molar-refractivity contribution in [2.75, 3.05) is 18.0 Å². The molecule has 1 unspecified atom stereocenters. The summed E-state index contributed by atoms with van der Waals surface area (Å²) >= 11 is 0. The lowest BCUT2D eigenvalue weighted by Gasteiger charge is -2.41. The Balaban J connectivity index is 1.28. The fraction of sp³-hybridized carbons (Fsp3) is 0.565. The number of nitrogens with zero attached hydrogens (tertiary/aromatic N) is 4. The van der Waals surface area contributed by atoms with Crippen molar-refractivity contribution in [3.05, 3.63) is 30.1 Å². The number of fused-ring (bicyclic) bond motifs is 1. The molecule has 0 aromatic carbocycles. The molecule has 0 radical (unpaired) electrons. The molecular formula is C23H29N5O3. The molecule has 0 spiro atoms. The van der Waals surface area contributed by atoms with Crippen LogP contribution in [0.4, 0.5) is 10.5 Å². The number of piperidine rings is 1. The van der Waals surface area contributed by atoms with Crippen molar-refractivity contribution in [2.45, 2.75) is 57.9 Å². The van der Waals surface area contributed by atoms with Gasteiger partial charge in [0.25, 0.3) is 0 Å². The van der Waals surface area contributed by atoms with Gasteiger partial charge in [-0.15, -0.1) is 0 Å². The van der Waals surface area contributed by atoms with Crippen LogP contribution in [0.5, 0.6) is 0 Å². The minimum atomic E-state index is -0.395. The maximum atomic E-state index is 12.7. The maximum absolute atomic E-state index is 12.7. The summed E-state index contributed by atoms with van der Waals surface area (Å²) in [6.45, 7) is 3.39. The Labute approximate surface area is 181 Å². The fourth-order valence-electron chi connectivity index (χ4n) is 5.15. The number of aromatic nitrogens is 2. The zero-order valence-electron chi connectivity index (χ0n) is 17.9. The minimum absolute atomic E-state index is 0.241. The first-order chi connectivity index (χ1) is 15.0. The van der Waals surface area contributed by atoms with Crippen LogP contribution in [0.15, 0.2) is 24.5 Å². The van der Waals surface area contributed by atoms with Crippen LogP contribution >= 0.6 is 0 Å². The zero-order chi connectivity index (χ0) is 21.5. The van der Waals surface area contributed by atoms with E-state index < -0.39 is 6.03 Å². The summed E-state index contributed by atoms with van der Waals surface area (Å²) in [6, 6.07) is 4.08. The largest absolute Gasteiger partial charge is 0.340 e. The maximum Gasteiger partial charge on any atom is 0.328 e. The number of hydrogen-bond donors (Lipinski definition) is 1. The van der Waals surface area contributed by atoms with Crippen molar-refractivity contribution in [3.63, 3.8) is 0 Å². The van der Waals surface area contributed by atoms with Crippen LogP contribution in [0.1, 0.15) is 51.0 Å². The van der Waals surface area contributed by atoms with E-state index in [1.165, 1.54) is 12.0 Å². The highest BCUT2D eigenvalue weighted by molar-refractivity contribution is 6.07. The summed E-state index contributed by atoms with van der Waals surface area (Å²) in [6.07, 6.45) is 10.2. The van der Waals surface area contributed by atoms with Crippen molar-refractivity contribution in [2.24, 2.45) is 11.8 Å². The molecule has 8 nitrogen and oxygen atoms in total. The molecule has 4 amide bonds.